The van der Waals surface area contributed by atoms with E-state index in [9.17, 15) is 4.79 Å². The molecule has 0 saturated carbocycles. The van der Waals surface area contributed by atoms with Gasteiger partial charge in [0.15, 0.2) is 0 Å². The SMILES string of the molecule is CC(=O)N1CCN(c2ccc3nc(-c4cnc5ccccc5c4N)[nH]c3c2)CC1. The number of carbonyl (C=O) groups is 1. The number of pyridine rings is 1. The molecule has 0 aliphatic carbocycles. The molecule has 1 aliphatic rings. The number of anilines is 2. The maximum absolute atomic E-state index is 11.5. The molecule has 1 saturated heterocycles. The number of aromatic amines is 1. The summed E-state index contributed by atoms with van der Waals surface area (Å²) >= 11 is 0. The zero-order chi connectivity index (χ0) is 20.0. The van der Waals surface area contributed by atoms with Gasteiger partial charge in [0.2, 0.25) is 5.91 Å². The number of hydrogen-bond donors (Lipinski definition) is 2. The number of imidazole rings is 1. The van der Waals surface area contributed by atoms with Crippen LogP contribution in [0.3, 0.4) is 0 Å². The number of nitrogen functional groups attached to an aromatic ring is 1. The first-order chi connectivity index (χ1) is 14.1. The van der Waals surface area contributed by atoms with Crippen LogP contribution in [0.1, 0.15) is 6.92 Å². The molecular formula is C22H22N6O. The molecule has 0 radical (unpaired) electrons. The van der Waals surface area contributed by atoms with E-state index in [0.29, 0.717) is 11.5 Å². The molecule has 1 fully saturated rings. The van der Waals surface area contributed by atoms with Gasteiger partial charge in [0.05, 0.1) is 27.8 Å². The van der Waals surface area contributed by atoms with Gasteiger partial charge in [0.25, 0.3) is 0 Å². The highest BCUT2D eigenvalue weighted by molar-refractivity contribution is 5.97. The Morgan fingerprint density at radius 2 is 1.86 bits per heavy atom. The smallest absolute Gasteiger partial charge is 0.219 e. The van der Waals surface area contributed by atoms with Gasteiger partial charge in [-0.2, -0.15) is 0 Å². The highest BCUT2D eigenvalue weighted by Gasteiger charge is 2.19. The molecule has 3 N–H and O–H groups in total. The Labute approximate surface area is 168 Å². The lowest BCUT2D eigenvalue weighted by molar-refractivity contribution is -0.129. The fraction of sp³-hybridized carbons (Fsp3) is 0.227. The number of H-pyrrole nitrogens is 1. The number of aromatic nitrogens is 3. The maximum atomic E-state index is 11.5. The van der Waals surface area contributed by atoms with Crippen LogP contribution in [0.2, 0.25) is 0 Å². The molecule has 7 heteroatoms. The van der Waals surface area contributed by atoms with Crippen LogP contribution in [0.4, 0.5) is 11.4 Å². The molecule has 7 nitrogen and oxygen atoms in total. The van der Waals surface area contributed by atoms with E-state index in [-0.39, 0.29) is 5.91 Å². The summed E-state index contributed by atoms with van der Waals surface area (Å²) in [6.45, 7) is 4.78. The molecule has 1 aliphatic heterocycles. The minimum absolute atomic E-state index is 0.139. The van der Waals surface area contributed by atoms with Gasteiger partial charge in [-0.3, -0.25) is 9.78 Å². The summed E-state index contributed by atoms with van der Waals surface area (Å²) in [5.41, 5.74) is 11.7. The van der Waals surface area contributed by atoms with Gasteiger partial charge in [0, 0.05) is 50.4 Å². The third-order valence-electron chi connectivity index (χ3n) is 5.63. The Hall–Kier alpha value is -3.61. The van der Waals surface area contributed by atoms with Gasteiger partial charge in [-0.15, -0.1) is 0 Å². The van der Waals surface area contributed by atoms with Gasteiger partial charge < -0.3 is 20.5 Å². The maximum Gasteiger partial charge on any atom is 0.219 e. The predicted octanol–water partition coefficient (Wildman–Crippen LogP) is 3.03. The molecule has 3 heterocycles. The van der Waals surface area contributed by atoms with Crippen LogP contribution in [-0.2, 0) is 4.79 Å². The van der Waals surface area contributed by atoms with Crippen LogP contribution in [0.25, 0.3) is 33.3 Å². The molecule has 2 aromatic carbocycles. The lowest BCUT2D eigenvalue weighted by Crippen LogP contribution is -2.48. The molecule has 29 heavy (non-hydrogen) atoms. The molecule has 2 aromatic heterocycles. The topological polar surface area (TPSA) is 91.1 Å². The van der Waals surface area contributed by atoms with Crippen molar-refractivity contribution in [1.29, 1.82) is 0 Å². The number of piperazine rings is 1. The first kappa shape index (κ1) is 17.5. The summed E-state index contributed by atoms with van der Waals surface area (Å²) in [6.07, 6.45) is 1.78. The number of fused-ring (bicyclic) bond motifs is 2. The van der Waals surface area contributed by atoms with Gasteiger partial charge in [-0.1, -0.05) is 18.2 Å². The molecule has 0 unspecified atom stereocenters. The zero-order valence-corrected chi connectivity index (χ0v) is 16.2. The number of nitrogens with one attached hydrogen (secondary N) is 1. The van der Waals surface area contributed by atoms with Gasteiger partial charge in [-0.05, 0) is 24.3 Å². The predicted molar refractivity (Wildman–Crippen MR) is 116 cm³/mol. The van der Waals surface area contributed by atoms with Gasteiger partial charge in [0.1, 0.15) is 5.82 Å². The highest BCUT2D eigenvalue weighted by atomic mass is 16.2. The minimum atomic E-state index is 0.139. The van der Waals surface area contributed by atoms with Crippen LogP contribution < -0.4 is 10.6 Å². The molecule has 5 rings (SSSR count). The van der Waals surface area contributed by atoms with Gasteiger partial charge in [-0.25, -0.2) is 4.98 Å². The second-order valence-corrected chi connectivity index (χ2v) is 7.38. The molecule has 1 amide bonds. The number of para-hydroxylation sites is 1. The summed E-state index contributed by atoms with van der Waals surface area (Å²) in [5.74, 6) is 0.856. The fourth-order valence-electron chi connectivity index (χ4n) is 3.95. The van der Waals surface area contributed by atoms with Crippen LogP contribution in [0, 0.1) is 0 Å². The van der Waals surface area contributed by atoms with Crippen molar-refractivity contribution >= 4 is 39.2 Å². The summed E-state index contributed by atoms with van der Waals surface area (Å²) < 4.78 is 0. The quantitative estimate of drug-likeness (QED) is 0.553. The summed E-state index contributed by atoms with van der Waals surface area (Å²) in [4.78, 5) is 28.4. The van der Waals surface area contributed by atoms with Crippen LogP contribution in [0.15, 0.2) is 48.7 Å². The second-order valence-electron chi connectivity index (χ2n) is 7.38. The van der Waals surface area contributed by atoms with E-state index in [1.165, 1.54) is 0 Å². The summed E-state index contributed by atoms with van der Waals surface area (Å²) in [7, 11) is 0. The molecule has 0 atom stereocenters. The fourth-order valence-corrected chi connectivity index (χ4v) is 3.95. The first-order valence-electron chi connectivity index (χ1n) is 9.74. The number of amides is 1. The number of hydrogen-bond acceptors (Lipinski definition) is 5. The molecule has 4 aromatic rings. The van der Waals surface area contributed by atoms with Crippen molar-refractivity contribution in [2.45, 2.75) is 6.92 Å². The van der Waals surface area contributed by atoms with Crippen molar-refractivity contribution in [2.24, 2.45) is 0 Å². The van der Waals surface area contributed by atoms with Gasteiger partial charge >= 0.3 is 0 Å². The average Bonchev–Trinajstić information content (AvgIpc) is 3.17. The Balaban J connectivity index is 1.47. The standard InChI is InChI=1S/C22H22N6O/c1-14(29)27-8-10-28(11-9-27)15-6-7-19-20(12-15)26-22(25-19)17-13-24-18-5-3-2-4-16(18)21(17)23/h2-7,12-13H,8-11H2,1H3,(H2,23,24)(H,25,26). The highest BCUT2D eigenvalue weighted by Crippen LogP contribution is 2.31. The van der Waals surface area contributed by atoms with Crippen molar-refractivity contribution in [3.63, 3.8) is 0 Å². The Morgan fingerprint density at radius 3 is 2.66 bits per heavy atom. The van der Waals surface area contributed by atoms with Crippen LogP contribution in [-0.4, -0.2) is 51.9 Å². The number of nitrogens with zero attached hydrogens (tertiary/aromatic N) is 4. The van der Waals surface area contributed by atoms with Crippen molar-refractivity contribution in [3.8, 4) is 11.4 Å². The van der Waals surface area contributed by atoms with Crippen molar-refractivity contribution < 1.29 is 4.79 Å². The van der Waals surface area contributed by atoms with E-state index in [1.807, 2.05) is 35.2 Å². The summed E-state index contributed by atoms with van der Waals surface area (Å²) in [6, 6.07) is 14.0. The van der Waals surface area contributed by atoms with E-state index in [2.05, 4.69) is 27.0 Å². The zero-order valence-electron chi connectivity index (χ0n) is 16.2. The van der Waals surface area contributed by atoms with Crippen molar-refractivity contribution in [3.05, 3.63) is 48.7 Å². The number of benzene rings is 2. The van der Waals surface area contributed by atoms with E-state index in [1.54, 1.807) is 13.1 Å². The normalized spacial score (nSPS) is 14.7. The van der Waals surface area contributed by atoms with Crippen molar-refractivity contribution in [1.82, 2.24) is 19.9 Å². The van der Waals surface area contributed by atoms with Crippen LogP contribution >= 0.6 is 0 Å². The molecular weight excluding hydrogens is 364 g/mol. The third-order valence-corrected chi connectivity index (χ3v) is 5.63. The third kappa shape index (κ3) is 3.04. The minimum Gasteiger partial charge on any atom is -0.398 e. The van der Waals surface area contributed by atoms with E-state index in [4.69, 9.17) is 10.7 Å². The monoisotopic (exact) mass is 386 g/mol. The Morgan fingerprint density at radius 1 is 1.07 bits per heavy atom. The Kier molecular flexibility index (Phi) is 4.08. The Bertz CT molecular complexity index is 1220. The van der Waals surface area contributed by atoms with E-state index < -0.39 is 0 Å². The average molecular weight is 386 g/mol. The first-order valence-corrected chi connectivity index (χ1v) is 9.74. The lowest BCUT2D eigenvalue weighted by atomic mass is 10.1. The molecule has 146 valence electrons. The largest absolute Gasteiger partial charge is 0.398 e. The molecule has 0 bridgehead atoms. The van der Waals surface area contributed by atoms with E-state index >= 15 is 0 Å². The van der Waals surface area contributed by atoms with Crippen LogP contribution in [0.5, 0.6) is 0 Å². The summed E-state index contributed by atoms with van der Waals surface area (Å²) in [5, 5.41) is 0.925. The lowest BCUT2D eigenvalue weighted by Gasteiger charge is -2.35. The van der Waals surface area contributed by atoms with Crippen molar-refractivity contribution in [2.75, 3.05) is 36.8 Å². The molecule has 0 spiro atoms. The number of nitrogens with two attached hydrogens (primary N) is 1. The van der Waals surface area contributed by atoms with E-state index in [0.717, 1.165) is 59.4 Å². The second kappa shape index (κ2) is 6.77. The number of carbonyl (C=O) groups excluding carboxylic acids is 1. The number of rotatable bonds is 2.